The van der Waals surface area contributed by atoms with E-state index in [0.717, 1.165) is 37.3 Å². The van der Waals surface area contributed by atoms with Gasteiger partial charge in [-0.1, -0.05) is 65.3 Å². The molecule has 0 aliphatic carbocycles. The minimum absolute atomic E-state index is 0.0350. The molecular weight excluding hydrogens is 402 g/mol. The van der Waals surface area contributed by atoms with E-state index in [-0.39, 0.29) is 18.0 Å². The number of rotatable bonds is 7. The Bertz CT molecular complexity index is 1010. The Balaban J connectivity index is 1.27. The Labute approximate surface area is 189 Å². The summed E-state index contributed by atoms with van der Waals surface area (Å²) in [5.74, 6) is 1.31. The molecule has 2 atom stereocenters. The second kappa shape index (κ2) is 10.1. The number of carbonyl (C=O) groups is 1. The summed E-state index contributed by atoms with van der Waals surface area (Å²) >= 11 is 0. The van der Waals surface area contributed by atoms with Crippen molar-refractivity contribution < 1.29 is 9.32 Å². The van der Waals surface area contributed by atoms with Crippen LogP contribution < -0.4 is 5.32 Å². The zero-order valence-electron chi connectivity index (χ0n) is 19.0. The fourth-order valence-corrected chi connectivity index (χ4v) is 3.99. The largest absolute Gasteiger partial charge is 0.351 e. The second-order valence-electron chi connectivity index (χ2n) is 8.45. The topological polar surface area (TPSA) is 74.5 Å². The predicted molar refractivity (Wildman–Crippen MR) is 124 cm³/mol. The first kappa shape index (κ1) is 22.2. The Morgan fingerprint density at radius 2 is 1.66 bits per heavy atom. The van der Waals surface area contributed by atoms with Gasteiger partial charge < -0.3 is 9.84 Å². The molecule has 1 N–H and O–H groups in total. The molecule has 3 aromatic rings. The minimum atomic E-state index is -0.161. The Hall–Kier alpha value is -3.03. The fraction of sp³-hybridized carbons (Fsp3) is 0.400. The average Bonchev–Trinajstić information content (AvgIpc) is 3.34. The number of carbonyl (C=O) groups excluding carboxylic acids is 1. The molecule has 32 heavy (non-hydrogen) atoms. The first-order valence-corrected chi connectivity index (χ1v) is 11.2. The van der Waals surface area contributed by atoms with E-state index >= 15 is 0 Å². The molecule has 168 valence electrons. The predicted octanol–water partition coefficient (Wildman–Crippen LogP) is 3.43. The number of aromatic nitrogens is 2. The monoisotopic (exact) mass is 433 g/mol. The van der Waals surface area contributed by atoms with Gasteiger partial charge in [-0.25, -0.2) is 0 Å². The Morgan fingerprint density at radius 1 is 1.00 bits per heavy atom. The lowest BCUT2D eigenvalue weighted by Crippen LogP contribution is -2.54. The van der Waals surface area contributed by atoms with Crippen LogP contribution in [0.4, 0.5) is 0 Å². The van der Waals surface area contributed by atoms with Crippen LogP contribution in [0, 0.1) is 6.92 Å². The highest BCUT2D eigenvalue weighted by atomic mass is 16.5. The van der Waals surface area contributed by atoms with Crippen molar-refractivity contribution >= 4 is 5.91 Å². The molecule has 7 heteroatoms. The molecule has 0 radical (unpaired) electrons. The van der Waals surface area contributed by atoms with E-state index in [4.69, 9.17) is 4.52 Å². The zero-order valence-corrected chi connectivity index (χ0v) is 19.0. The lowest BCUT2D eigenvalue weighted by Gasteiger charge is -2.39. The van der Waals surface area contributed by atoms with Crippen molar-refractivity contribution in [3.8, 4) is 11.4 Å². The normalized spacial score (nSPS) is 17.1. The summed E-state index contributed by atoms with van der Waals surface area (Å²) in [4.78, 5) is 21.8. The van der Waals surface area contributed by atoms with Gasteiger partial charge in [-0.15, -0.1) is 0 Å². The van der Waals surface area contributed by atoms with Gasteiger partial charge in [0, 0.05) is 38.3 Å². The van der Waals surface area contributed by atoms with Crippen LogP contribution in [0.2, 0.25) is 0 Å². The van der Waals surface area contributed by atoms with E-state index in [1.54, 1.807) is 0 Å². The van der Waals surface area contributed by atoms with Gasteiger partial charge in [0.15, 0.2) is 0 Å². The van der Waals surface area contributed by atoms with Crippen LogP contribution in [0.3, 0.4) is 0 Å². The standard InChI is InChI=1S/C25H31N5O2/c1-18-9-11-21(12-10-18)17-26-24(31)19(2)29-13-15-30(16-14-29)20(3)25-27-23(28-32-25)22-7-5-4-6-8-22/h4-12,19-20H,13-17H2,1-3H3,(H,26,31). The van der Waals surface area contributed by atoms with E-state index < -0.39 is 0 Å². The minimum Gasteiger partial charge on any atom is -0.351 e. The van der Waals surface area contributed by atoms with Gasteiger partial charge in [-0.2, -0.15) is 4.98 Å². The number of aryl methyl sites for hydroxylation is 1. The Morgan fingerprint density at radius 3 is 2.34 bits per heavy atom. The molecule has 1 aliphatic heterocycles. The highest BCUT2D eigenvalue weighted by molar-refractivity contribution is 5.81. The molecule has 0 saturated carbocycles. The van der Waals surface area contributed by atoms with Crippen molar-refractivity contribution in [2.75, 3.05) is 26.2 Å². The molecule has 1 amide bonds. The summed E-state index contributed by atoms with van der Waals surface area (Å²) in [7, 11) is 0. The number of hydrogen-bond donors (Lipinski definition) is 1. The van der Waals surface area contributed by atoms with Gasteiger partial charge in [0.05, 0.1) is 12.1 Å². The number of nitrogens with zero attached hydrogens (tertiary/aromatic N) is 4. The number of benzene rings is 2. The van der Waals surface area contributed by atoms with Crippen LogP contribution in [0.15, 0.2) is 59.1 Å². The zero-order chi connectivity index (χ0) is 22.5. The van der Waals surface area contributed by atoms with Crippen molar-refractivity contribution in [3.63, 3.8) is 0 Å². The molecule has 0 spiro atoms. The van der Waals surface area contributed by atoms with Crippen LogP contribution in [0.1, 0.15) is 36.9 Å². The molecule has 2 unspecified atom stereocenters. The number of amides is 1. The van der Waals surface area contributed by atoms with Crippen LogP contribution in [0.5, 0.6) is 0 Å². The van der Waals surface area contributed by atoms with E-state index in [0.29, 0.717) is 18.3 Å². The highest BCUT2D eigenvalue weighted by Crippen LogP contribution is 2.23. The third kappa shape index (κ3) is 5.23. The van der Waals surface area contributed by atoms with Gasteiger partial charge in [0.25, 0.3) is 0 Å². The molecule has 1 aromatic heterocycles. The maximum atomic E-state index is 12.7. The first-order chi connectivity index (χ1) is 15.5. The van der Waals surface area contributed by atoms with E-state index in [1.807, 2.05) is 37.3 Å². The summed E-state index contributed by atoms with van der Waals surface area (Å²) in [6, 6.07) is 18.0. The molecular formula is C25H31N5O2. The summed E-state index contributed by atoms with van der Waals surface area (Å²) in [5.41, 5.74) is 3.28. The molecule has 2 heterocycles. The molecule has 2 aromatic carbocycles. The average molecular weight is 434 g/mol. The van der Waals surface area contributed by atoms with E-state index in [9.17, 15) is 4.79 Å². The fourth-order valence-electron chi connectivity index (χ4n) is 3.99. The first-order valence-electron chi connectivity index (χ1n) is 11.2. The van der Waals surface area contributed by atoms with E-state index in [2.05, 4.69) is 63.4 Å². The van der Waals surface area contributed by atoms with Gasteiger partial charge in [0.1, 0.15) is 0 Å². The maximum Gasteiger partial charge on any atom is 0.244 e. The van der Waals surface area contributed by atoms with Gasteiger partial charge in [-0.05, 0) is 26.3 Å². The van der Waals surface area contributed by atoms with Crippen molar-refractivity contribution in [2.45, 2.75) is 39.4 Å². The quantitative estimate of drug-likeness (QED) is 0.615. The van der Waals surface area contributed by atoms with Crippen molar-refractivity contribution in [1.82, 2.24) is 25.3 Å². The summed E-state index contributed by atoms with van der Waals surface area (Å²) in [5, 5.41) is 7.21. The van der Waals surface area contributed by atoms with Crippen LogP contribution in [-0.2, 0) is 11.3 Å². The third-order valence-corrected chi connectivity index (χ3v) is 6.24. The SMILES string of the molecule is Cc1ccc(CNC(=O)C(C)N2CCN(C(C)c3nc(-c4ccccc4)no3)CC2)cc1. The van der Waals surface area contributed by atoms with Crippen molar-refractivity contribution in [2.24, 2.45) is 0 Å². The number of nitrogens with one attached hydrogen (secondary N) is 1. The lowest BCUT2D eigenvalue weighted by atomic mass is 10.1. The van der Waals surface area contributed by atoms with Crippen molar-refractivity contribution in [3.05, 3.63) is 71.6 Å². The van der Waals surface area contributed by atoms with Crippen molar-refractivity contribution in [1.29, 1.82) is 0 Å². The summed E-state index contributed by atoms with van der Waals surface area (Å²) in [6.45, 7) is 10.0. The van der Waals surface area contributed by atoms with Crippen LogP contribution >= 0.6 is 0 Å². The van der Waals surface area contributed by atoms with Crippen LogP contribution in [0.25, 0.3) is 11.4 Å². The number of hydrogen-bond acceptors (Lipinski definition) is 6. The molecule has 7 nitrogen and oxygen atoms in total. The molecule has 1 saturated heterocycles. The summed E-state index contributed by atoms with van der Waals surface area (Å²) in [6.07, 6.45) is 0. The summed E-state index contributed by atoms with van der Waals surface area (Å²) < 4.78 is 5.55. The smallest absolute Gasteiger partial charge is 0.244 e. The van der Waals surface area contributed by atoms with Gasteiger partial charge in [-0.3, -0.25) is 14.6 Å². The second-order valence-corrected chi connectivity index (χ2v) is 8.45. The highest BCUT2D eigenvalue weighted by Gasteiger charge is 2.29. The van der Waals surface area contributed by atoms with Gasteiger partial charge >= 0.3 is 0 Å². The van der Waals surface area contributed by atoms with E-state index in [1.165, 1.54) is 5.56 Å². The van der Waals surface area contributed by atoms with Gasteiger partial charge in [0.2, 0.25) is 17.6 Å². The third-order valence-electron chi connectivity index (χ3n) is 6.24. The molecule has 4 rings (SSSR count). The maximum absolute atomic E-state index is 12.7. The van der Waals surface area contributed by atoms with Crippen LogP contribution in [-0.4, -0.2) is 58.1 Å². The number of piperazine rings is 1. The molecule has 1 fully saturated rings. The molecule has 0 bridgehead atoms. The lowest BCUT2D eigenvalue weighted by molar-refractivity contribution is -0.126. The molecule has 1 aliphatic rings. The Kier molecular flexibility index (Phi) is 6.97.